The van der Waals surface area contributed by atoms with Crippen LogP contribution in [0.5, 0.6) is 0 Å². The summed E-state index contributed by atoms with van der Waals surface area (Å²) in [5.41, 5.74) is 6.93. The van der Waals surface area contributed by atoms with Gasteiger partial charge in [0.05, 0.1) is 5.69 Å². The molecule has 0 spiro atoms. The van der Waals surface area contributed by atoms with Crippen LogP contribution in [0.15, 0.2) is 18.2 Å². The molecule has 3 heteroatoms. The van der Waals surface area contributed by atoms with E-state index in [9.17, 15) is 4.39 Å². The Hall–Kier alpha value is -1.09. The van der Waals surface area contributed by atoms with Gasteiger partial charge in [0.15, 0.2) is 0 Å². The van der Waals surface area contributed by atoms with Crippen LogP contribution in [0.3, 0.4) is 0 Å². The SMILES string of the molecule is CCC(C)(C)N(C)Cc1cccc(F)c1N. The second-order valence-electron chi connectivity index (χ2n) is 4.83. The Morgan fingerprint density at radius 3 is 2.56 bits per heavy atom. The van der Waals surface area contributed by atoms with Crippen molar-refractivity contribution >= 4 is 5.69 Å². The largest absolute Gasteiger partial charge is 0.396 e. The third-order valence-corrected chi connectivity index (χ3v) is 3.45. The first-order chi connectivity index (χ1) is 7.38. The molecule has 0 aliphatic carbocycles. The highest BCUT2D eigenvalue weighted by Crippen LogP contribution is 2.23. The summed E-state index contributed by atoms with van der Waals surface area (Å²) in [6.07, 6.45) is 1.04. The van der Waals surface area contributed by atoms with Crippen LogP contribution in [0, 0.1) is 5.82 Å². The Bertz CT molecular complexity index is 361. The van der Waals surface area contributed by atoms with Crippen LogP contribution in [-0.2, 0) is 6.54 Å². The van der Waals surface area contributed by atoms with Crippen molar-refractivity contribution in [3.63, 3.8) is 0 Å². The molecule has 2 N–H and O–H groups in total. The van der Waals surface area contributed by atoms with Crippen LogP contribution in [0.1, 0.15) is 32.8 Å². The topological polar surface area (TPSA) is 29.3 Å². The summed E-state index contributed by atoms with van der Waals surface area (Å²) < 4.78 is 13.3. The molecular weight excluding hydrogens is 203 g/mol. The summed E-state index contributed by atoms with van der Waals surface area (Å²) in [5.74, 6) is -0.333. The van der Waals surface area contributed by atoms with Gasteiger partial charge in [-0.3, -0.25) is 4.90 Å². The number of benzene rings is 1. The van der Waals surface area contributed by atoms with Gasteiger partial charge < -0.3 is 5.73 Å². The molecule has 16 heavy (non-hydrogen) atoms. The van der Waals surface area contributed by atoms with E-state index in [4.69, 9.17) is 5.73 Å². The fourth-order valence-corrected chi connectivity index (χ4v) is 1.46. The van der Waals surface area contributed by atoms with E-state index in [-0.39, 0.29) is 17.0 Å². The standard InChI is InChI=1S/C13H21FN2/c1-5-13(2,3)16(4)9-10-7-6-8-11(14)12(10)15/h6-8H,5,9,15H2,1-4H3. The predicted molar refractivity (Wildman–Crippen MR) is 66.6 cm³/mol. The quantitative estimate of drug-likeness (QED) is 0.796. The number of hydrogen-bond acceptors (Lipinski definition) is 2. The maximum atomic E-state index is 13.3. The summed E-state index contributed by atoms with van der Waals surface area (Å²) in [6, 6.07) is 4.97. The fourth-order valence-electron chi connectivity index (χ4n) is 1.46. The van der Waals surface area contributed by atoms with Gasteiger partial charge in [0, 0.05) is 12.1 Å². The van der Waals surface area contributed by atoms with E-state index in [2.05, 4.69) is 25.7 Å². The first-order valence-corrected chi connectivity index (χ1v) is 5.62. The summed E-state index contributed by atoms with van der Waals surface area (Å²) in [6.45, 7) is 7.15. The smallest absolute Gasteiger partial charge is 0.146 e. The first kappa shape index (κ1) is 13.0. The van der Waals surface area contributed by atoms with Crippen LogP contribution < -0.4 is 5.73 Å². The minimum Gasteiger partial charge on any atom is -0.396 e. The maximum absolute atomic E-state index is 13.3. The number of anilines is 1. The summed E-state index contributed by atoms with van der Waals surface area (Å²) >= 11 is 0. The van der Waals surface area contributed by atoms with Gasteiger partial charge in [-0.1, -0.05) is 19.1 Å². The monoisotopic (exact) mass is 224 g/mol. The van der Waals surface area contributed by atoms with Gasteiger partial charge in [0.2, 0.25) is 0 Å². The minimum absolute atomic E-state index is 0.0960. The first-order valence-electron chi connectivity index (χ1n) is 5.62. The molecule has 0 fully saturated rings. The number of hydrogen-bond donors (Lipinski definition) is 1. The molecule has 0 amide bonds. The Balaban J connectivity index is 2.85. The van der Waals surface area contributed by atoms with Crippen molar-refractivity contribution in [2.24, 2.45) is 0 Å². The van der Waals surface area contributed by atoms with Gasteiger partial charge >= 0.3 is 0 Å². The van der Waals surface area contributed by atoms with E-state index in [1.807, 2.05) is 13.1 Å². The van der Waals surface area contributed by atoms with Crippen molar-refractivity contribution in [1.82, 2.24) is 4.90 Å². The number of halogens is 1. The van der Waals surface area contributed by atoms with E-state index >= 15 is 0 Å². The van der Waals surface area contributed by atoms with Gasteiger partial charge in [-0.15, -0.1) is 0 Å². The lowest BCUT2D eigenvalue weighted by atomic mass is 9.99. The average Bonchev–Trinajstić information content (AvgIpc) is 2.24. The molecule has 0 bridgehead atoms. The fraction of sp³-hybridized carbons (Fsp3) is 0.538. The summed E-state index contributed by atoms with van der Waals surface area (Å²) in [5, 5.41) is 0. The normalized spacial score (nSPS) is 12.1. The summed E-state index contributed by atoms with van der Waals surface area (Å²) in [7, 11) is 2.04. The number of nitrogen functional groups attached to an aromatic ring is 1. The molecule has 0 saturated heterocycles. The zero-order valence-electron chi connectivity index (χ0n) is 10.5. The highest BCUT2D eigenvalue weighted by Gasteiger charge is 2.21. The minimum atomic E-state index is -0.333. The molecule has 1 aromatic carbocycles. The number of nitrogens with two attached hydrogens (primary N) is 1. The van der Waals surface area contributed by atoms with Crippen molar-refractivity contribution in [1.29, 1.82) is 0 Å². The second-order valence-corrected chi connectivity index (χ2v) is 4.83. The average molecular weight is 224 g/mol. The zero-order chi connectivity index (χ0) is 12.3. The number of para-hydroxylation sites is 1. The Morgan fingerprint density at radius 2 is 2.00 bits per heavy atom. The van der Waals surface area contributed by atoms with Crippen LogP contribution >= 0.6 is 0 Å². The van der Waals surface area contributed by atoms with Crippen LogP contribution in [0.2, 0.25) is 0 Å². The van der Waals surface area contributed by atoms with Gasteiger partial charge in [0.25, 0.3) is 0 Å². The second kappa shape index (κ2) is 4.83. The highest BCUT2D eigenvalue weighted by atomic mass is 19.1. The predicted octanol–water partition coefficient (Wildman–Crippen LogP) is 3.03. The maximum Gasteiger partial charge on any atom is 0.146 e. The zero-order valence-corrected chi connectivity index (χ0v) is 10.5. The lowest BCUT2D eigenvalue weighted by molar-refractivity contribution is 0.143. The van der Waals surface area contributed by atoms with E-state index in [1.165, 1.54) is 6.07 Å². The van der Waals surface area contributed by atoms with Gasteiger partial charge in [-0.2, -0.15) is 0 Å². The molecule has 90 valence electrons. The van der Waals surface area contributed by atoms with E-state index in [1.54, 1.807) is 6.07 Å². The van der Waals surface area contributed by atoms with Gasteiger partial charge in [-0.25, -0.2) is 4.39 Å². The molecule has 0 radical (unpaired) electrons. The molecule has 0 unspecified atom stereocenters. The third kappa shape index (κ3) is 2.73. The Labute approximate surface area is 97.3 Å². The highest BCUT2D eigenvalue weighted by molar-refractivity contribution is 5.47. The molecule has 1 rings (SSSR count). The Morgan fingerprint density at radius 1 is 1.38 bits per heavy atom. The molecule has 0 saturated carbocycles. The summed E-state index contributed by atoms with van der Waals surface area (Å²) in [4.78, 5) is 2.19. The number of nitrogens with zero attached hydrogens (tertiary/aromatic N) is 1. The molecule has 2 nitrogen and oxygen atoms in total. The molecular formula is C13H21FN2. The molecule has 0 atom stereocenters. The van der Waals surface area contributed by atoms with Crippen LogP contribution in [0.4, 0.5) is 10.1 Å². The van der Waals surface area contributed by atoms with Crippen molar-refractivity contribution in [2.45, 2.75) is 39.3 Å². The van der Waals surface area contributed by atoms with E-state index in [0.717, 1.165) is 12.0 Å². The van der Waals surface area contributed by atoms with Crippen LogP contribution in [0.25, 0.3) is 0 Å². The van der Waals surface area contributed by atoms with Crippen molar-refractivity contribution in [3.8, 4) is 0 Å². The number of rotatable bonds is 4. The van der Waals surface area contributed by atoms with Crippen molar-refractivity contribution in [2.75, 3.05) is 12.8 Å². The van der Waals surface area contributed by atoms with Gasteiger partial charge in [-0.05, 0) is 38.9 Å². The van der Waals surface area contributed by atoms with Gasteiger partial charge in [0.1, 0.15) is 5.82 Å². The van der Waals surface area contributed by atoms with Crippen LogP contribution in [-0.4, -0.2) is 17.5 Å². The molecule has 0 aromatic heterocycles. The Kier molecular flexibility index (Phi) is 3.92. The molecule has 0 aliphatic heterocycles. The third-order valence-electron chi connectivity index (χ3n) is 3.45. The molecule has 1 aromatic rings. The van der Waals surface area contributed by atoms with Crippen molar-refractivity contribution in [3.05, 3.63) is 29.6 Å². The lowest BCUT2D eigenvalue weighted by Crippen LogP contribution is -2.39. The molecule has 0 heterocycles. The molecule has 0 aliphatic rings. The lowest BCUT2D eigenvalue weighted by Gasteiger charge is -2.35. The van der Waals surface area contributed by atoms with Crippen molar-refractivity contribution < 1.29 is 4.39 Å². The van der Waals surface area contributed by atoms with E-state index in [0.29, 0.717) is 6.54 Å². The van der Waals surface area contributed by atoms with E-state index < -0.39 is 0 Å².